The van der Waals surface area contributed by atoms with Gasteiger partial charge in [-0.25, -0.2) is 0 Å². The topological polar surface area (TPSA) is 133 Å². The van der Waals surface area contributed by atoms with Gasteiger partial charge in [-0.1, -0.05) is 0 Å². The van der Waals surface area contributed by atoms with Crippen molar-refractivity contribution >= 4 is 0 Å². The zero-order valence-corrected chi connectivity index (χ0v) is 26.6. The first-order valence-electron chi connectivity index (χ1n) is 15.5. The third-order valence-corrected chi connectivity index (χ3v) is 9.04. The molecular weight excluding hydrogens is 588 g/mol. The molecule has 2 aromatic carbocycles. The van der Waals surface area contributed by atoms with Gasteiger partial charge in [0.2, 0.25) is 12.5 Å². The number of benzene rings is 2. The molecule has 12 nitrogen and oxygen atoms in total. The van der Waals surface area contributed by atoms with Crippen LogP contribution in [0.5, 0.6) is 28.7 Å². The molecule has 2 fully saturated rings. The van der Waals surface area contributed by atoms with E-state index in [2.05, 4.69) is 0 Å². The molecule has 2 N–H and O–H groups in total. The fourth-order valence-corrected chi connectivity index (χ4v) is 6.82. The van der Waals surface area contributed by atoms with E-state index in [0.717, 1.165) is 16.7 Å². The van der Waals surface area contributed by atoms with E-state index in [1.54, 1.807) is 28.3 Å². The van der Waals surface area contributed by atoms with Crippen LogP contribution >= 0.6 is 0 Å². The van der Waals surface area contributed by atoms with Gasteiger partial charge in [0.1, 0.15) is 6.10 Å². The SMILES string of the molecule is COc1cc([C@@H]2c3cc4c(cc3[C@@H](O[C@@H]3O[C@H](CO[C@@H](C)OC)C[C@H](O)[C@H]3O)C3COC[C@@H]32)OCO4)cc(OC)c1OC(C)C. The van der Waals surface area contributed by atoms with Crippen LogP contribution in [0.25, 0.3) is 0 Å². The van der Waals surface area contributed by atoms with E-state index in [9.17, 15) is 10.2 Å². The van der Waals surface area contributed by atoms with Gasteiger partial charge in [0, 0.05) is 31.3 Å². The molecule has 1 aliphatic carbocycles. The molecule has 0 amide bonds. The lowest BCUT2D eigenvalue weighted by Crippen LogP contribution is -2.52. The lowest BCUT2D eigenvalue weighted by molar-refractivity contribution is -0.298. The molecule has 0 saturated carbocycles. The molecular formula is C33H44O12. The summed E-state index contributed by atoms with van der Waals surface area (Å²) in [7, 11) is 4.78. The summed E-state index contributed by atoms with van der Waals surface area (Å²) in [5, 5.41) is 21.8. The van der Waals surface area contributed by atoms with Crippen molar-refractivity contribution in [3.63, 3.8) is 0 Å². The fourth-order valence-electron chi connectivity index (χ4n) is 6.82. The van der Waals surface area contributed by atoms with Gasteiger partial charge in [-0.15, -0.1) is 0 Å². The number of fused-ring (bicyclic) bond motifs is 3. The van der Waals surface area contributed by atoms with E-state index < -0.39 is 37.0 Å². The Morgan fingerprint density at radius 2 is 1.56 bits per heavy atom. The van der Waals surface area contributed by atoms with Gasteiger partial charge in [-0.2, -0.15) is 0 Å². The van der Waals surface area contributed by atoms with Crippen molar-refractivity contribution in [1.29, 1.82) is 0 Å². The van der Waals surface area contributed by atoms with Crippen LogP contribution in [-0.2, 0) is 23.7 Å². The third-order valence-electron chi connectivity index (χ3n) is 9.04. The Kier molecular flexibility index (Phi) is 9.62. The zero-order valence-electron chi connectivity index (χ0n) is 26.6. The Bertz CT molecular complexity index is 1310. The molecule has 0 spiro atoms. The summed E-state index contributed by atoms with van der Waals surface area (Å²) in [5.41, 5.74) is 2.80. The van der Waals surface area contributed by atoms with Gasteiger partial charge < -0.3 is 57.6 Å². The van der Waals surface area contributed by atoms with Gasteiger partial charge in [-0.3, -0.25) is 0 Å². The summed E-state index contributed by atoms with van der Waals surface area (Å²) in [6, 6.07) is 7.93. The van der Waals surface area contributed by atoms with Crippen molar-refractivity contribution < 1.29 is 57.6 Å². The van der Waals surface area contributed by atoms with Crippen LogP contribution in [0.3, 0.4) is 0 Å². The third kappa shape index (κ3) is 6.29. The van der Waals surface area contributed by atoms with Gasteiger partial charge in [0.25, 0.3) is 0 Å². The van der Waals surface area contributed by atoms with Crippen LogP contribution in [0.15, 0.2) is 24.3 Å². The Balaban J connectivity index is 1.39. The second-order valence-corrected chi connectivity index (χ2v) is 12.2. The molecule has 3 heterocycles. The molecule has 45 heavy (non-hydrogen) atoms. The van der Waals surface area contributed by atoms with Crippen LogP contribution < -0.4 is 23.7 Å². The van der Waals surface area contributed by atoms with E-state index in [1.165, 1.54) is 0 Å². The highest BCUT2D eigenvalue weighted by Gasteiger charge is 2.50. The smallest absolute Gasteiger partial charge is 0.231 e. The van der Waals surface area contributed by atoms with E-state index in [4.69, 9.17) is 47.4 Å². The largest absolute Gasteiger partial charge is 0.493 e. The summed E-state index contributed by atoms with van der Waals surface area (Å²) >= 11 is 0. The van der Waals surface area contributed by atoms with Crippen molar-refractivity contribution in [1.82, 2.24) is 0 Å². The second kappa shape index (κ2) is 13.5. The van der Waals surface area contributed by atoms with Crippen molar-refractivity contribution in [3.05, 3.63) is 41.0 Å². The molecule has 0 aromatic heterocycles. The van der Waals surface area contributed by atoms with Crippen LogP contribution in [-0.4, -0.2) is 95.2 Å². The van der Waals surface area contributed by atoms with Crippen LogP contribution in [0, 0.1) is 11.8 Å². The first-order chi connectivity index (χ1) is 21.7. The summed E-state index contributed by atoms with van der Waals surface area (Å²) < 4.78 is 59.1. The lowest BCUT2D eigenvalue weighted by Gasteiger charge is -2.44. The van der Waals surface area contributed by atoms with Crippen molar-refractivity contribution in [2.45, 2.75) is 76.2 Å². The number of hydrogen-bond donors (Lipinski definition) is 2. The normalized spacial score (nSPS) is 31.0. The first kappa shape index (κ1) is 32.1. The maximum atomic E-state index is 11.0. The maximum Gasteiger partial charge on any atom is 0.231 e. The molecule has 248 valence electrons. The van der Waals surface area contributed by atoms with Crippen LogP contribution in [0.4, 0.5) is 0 Å². The molecule has 0 bridgehead atoms. The van der Waals surface area contributed by atoms with Gasteiger partial charge >= 0.3 is 0 Å². The van der Waals surface area contributed by atoms with Crippen molar-refractivity contribution in [2.24, 2.45) is 11.8 Å². The van der Waals surface area contributed by atoms with E-state index in [0.29, 0.717) is 42.0 Å². The molecule has 2 aromatic rings. The molecule has 6 rings (SSSR count). The number of hydrogen-bond acceptors (Lipinski definition) is 12. The molecule has 3 aliphatic heterocycles. The van der Waals surface area contributed by atoms with Crippen molar-refractivity contribution in [2.75, 3.05) is 47.9 Å². The molecule has 9 atom stereocenters. The van der Waals surface area contributed by atoms with Gasteiger partial charge in [-0.05, 0) is 61.7 Å². The second-order valence-electron chi connectivity index (χ2n) is 12.2. The molecule has 1 unspecified atom stereocenters. The standard InChI is InChI=1S/C33H44O12/c1-16(2)43-32-27(37-5)7-18(8-28(32)38-6)29-20-10-25-26(42-15-41-25)11-21(20)31(23-14-39-13-22(23)29)45-33-30(35)24(34)9-19(44-33)12-40-17(3)36-4/h7-8,10-11,16-17,19,22-24,29-31,33-35H,9,12-15H2,1-6H3/t17-,19-,22-,23?,24-,29+,30+,31+,33-/m0/s1. The minimum absolute atomic E-state index is 0.0125. The quantitative estimate of drug-likeness (QED) is 0.351. The minimum Gasteiger partial charge on any atom is -0.493 e. The average Bonchev–Trinajstić information content (AvgIpc) is 3.70. The minimum atomic E-state index is -1.25. The van der Waals surface area contributed by atoms with E-state index >= 15 is 0 Å². The molecule has 12 heteroatoms. The van der Waals surface area contributed by atoms with Crippen LogP contribution in [0.1, 0.15) is 55.9 Å². The number of ether oxygens (including phenoxy) is 10. The van der Waals surface area contributed by atoms with Gasteiger partial charge in [0.05, 0.1) is 58.5 Å². The number of methoxy groups -OCH3 is 3. The van der Waals surface area contributed by atoms with E-state index in [-0.39, 0.29) is 43.7 Å². The molecule has 4 aliphatic rings. The molecule has 2 saturated heterocycles. The number of aliphatic hydroxyl groups is 2. The first-order valence-corrected chi connectivity index (χ1v) is 15.5. The summed E-state index contributed by atoms with van der Waals surface area (Å²) in [6.45, 7) is 6.90. The highest BCUT2D eigenvalue weighted by molar-refractivity contribution is 5.59. The summed E-state index contributed by atoms with van der Waals surface area (Å²) in [5.74, 6) is 2.67. The highest BCUT2D eigenvalue weighted by atomic mass is 16.7. The predicted octanol–water partition coefficient (Wildman–Crippen LogP) is 3.53. The Hall–Kier alpha value is -2.84. The predicted molar refractivity (Wildman–Crippen MR) is 159 cm³/mol. The fraction of sp³-hybridized carbons (Fsp3) is 0.636. The number of rotatable bonds is 11. The summed E-state index contributed by atoms with van der Waals surface area (Å²) in [4.78, 5) is 0. The van der Waals surface area contributed by atoms with E-state index in [1.807, 2.05) is 38.1 Å². The maximum absolute atomic E-state index is 11.0. The zero-order chi connectivity index (χ0) is 31.8. The Morgan fingerprint density at radius 3 is 2.20 bits per heavy atom. The van der Waals surface area contributed by atoms with Crippen LogP contribution in [0.2, 0.25) is 0 Å². The highest BCUT2D eigenvalue weighted by Crippen LogP contribution is 2.56. The molecule has 0 radical (unpaired) electrons. The van der Waals surface area contributed by atoms with Crippen molar-refractivity contribution in [3.8, 4) is 28.7 Å². The Morgan fingerprint density at radius 1 is 0.889 bits per heavy atom. The lowest BCUT2D eigenvalue weighted by atomic mass is 9.66. The number of aliphatic hydroxyl groups excluding tert-OH is 2. The average molecular weight is 633 g/mol. The monoisotopic (exact) mass is 632 g/mol. The Labute approximate surface area is 263 Å². The van der Waals surface area contributed by atoms with Gasteiger partial charge in [0.15, 0.2) is 35.6 Å². The summed E-state index contributed by atoms with van der Waals surface area (Å²) in [6.07, 6.45) is -4.75.